The van der Waals surface area contributed by atoms with E-state index in [9.17, 15) is 18.5 Å². The SMILES string of the molecule is O=[N+]([O-])CCS(=O)(=O)c1ccccc1. The fraction of sp³-hybridized carbons (Fsp3) is 0.250. The first-order valence-corrected chi connectivity index (χ1v) is 5.57. The molecule has 0 saturated heterocycles. The van der Waals surface area contributed by atoms with Crippen LogP contribution in [0.3, 0.4) is 0 Å². The minimum Gasteiger partial charge on any atom is -0.265 e. The molecule has 0 radical (unpaired) electrons. The summed E-state index contributed by atoms with van der Waals surface area (Å²) in [4.78, 5) is 9.51. The van der Waals surface area contributed by atoms with Gasteiger partial charge in [-0.25, -0.2) is 8.42 Å². The minimum absolute atomic E-state index is 0.127. The Balaban J connectivity index is 2.82. The molecule has 0 atom stereocenters. The molecule has 6 heteroatoms. The number of benzene rings is 1. The lowest BCUT2D eigenvalue weighted by Crippen LogP contribution is -2.15. The van der Waals surface area contributed by atoms with Gasteiger partial charge in [0.1, 0.15) is 5.75 Å². The summed E-state index contributed by atoms with van der Waals surface area (Å²) in [6, 6.07) is 7.70. The average Bonchev–Trinajstić information content (AvgIpc) is 2.16. The molecule has 0 aliphatic carbocycles. The lowest BCUT2D eigenvalue weighted by molar-refractivity contribution is -0.474. The highest BCUT2D eigenvalue weighted by molar-refractivity contribution is 7.91. The van der Waals surface area contributed by atoms with E-state index in [4.69, 9.17) is 0 Å². The van der Waals surface area contributed by atoms with Crippen LogP contribution in [-0.4, -0.2) is 25.6 Å². The van der Waals surface area contributed by atoms with Crippen LogP contribution in [0.2, 0.25) is 0 Å². The van der Waals surface area contributed by atoms with E-state index in [0.29, 0.717) is 0 Å². The quantitative estimate of drug-likeness (QED) is 0.548. The molecule has 0 heterocycles. The highest BCUT2D eigenvalue weighted by atomic mass is 32.2. The first kappa shape index (κ1) is 10.6. The van der Waals surface area contributed by atoms with E-state index in [1.165, 1.54) is 12.1 Å². The molecular formula is C8H9NO4S. The van der Waals surface area contributed by atoms with Gasteiger partial charge in [0.05, 0.1) is 4.90 Å². The summed E-state index contributed by atoms with van der Waals surface area (Å²) in [5, 5.41) is 10.0. The van der Waals surface area contributed by atoms with Crippen LogP contribution < -0.4 is 0 Å². The van der Waals surface area contributed by atoms with E-state index in [-0.39, 0.29) is 4.90 Å². The van der Waals surface area contributed by atoms with E-state index in [0.717, 1.165) is 0 Å². The first-order chi connectivity index (χ1) is 6.52. The van der Waals surface area contributed by atoms with Crippen molar-refractivity contribution in [2.75, 3.05) is 12.3 Å². The monoisotopic (exact) mass is 215 g/mol. The maximum absolute atomic E-state index is 11.4. The van der Waals surface area contributed by atoms with E-state index in [1.54, 1.807) is 18.2 Å². The fourth-order valence-corrected chi connectivity index (χ4v) is 2.14. The van der Waals surface area contributed by atoms with Crippen LogP contribution in [-0.2, 0) is 9.84 Å². The van der Waals surface area contributed by atoms with Crippen LogP contribution in [0.5, 0.6) is 0 Å². The third kappa shape index (κ3) is 2.81. The summed E-state index contributed by atoms with van der Waals surface area (Å²) in [6.45, 7) is -0.558. The second-order valence-corrected chi connectivity index (χ2v) is 4.80. The highest BCUT2D eigenvalue weighted by Crippen LogP contribution is 2.09. The van der Waals surface area contributed by atoms with Gasteiger partial charge >= 0.3 is 0 Å². The lowest BCUT2D eigenvalue weighted by atomic mass is 10.4. The van der Waals surface area contributed by atoms with Crippen LogP contribution in [0, 0.1) is 10.1 Å². The molecule has 0 bridgehead atoms. The van der Waals surface area contributed by atoms with Gasteiger partial charge in [0.15, 0.2) is 9.84 Å². The molecule has 1 aromatic rings. The van der Waals surface area contributed by atoms with Crippen molar-refractivity contribution in [2.45, 2.75) is 4.90 Å². The van der Waals surface area contributed by atoms with Crippen LogP contribution in [0.15, 0.2) is 35.2 Å². The summed E-state index contributed by atoms with van der Waals surface area (Å²) in [6.07, 6.45) is 0. The summed E-state index contributed by atoms with van der Waals surface area (Å²) >= 11 is 0. The zero-order chi connectivity index (χ0) is 10.6. The third-order valence-corrected chi connectivity index (χ3v) is 3.36. The average molecular weight is 215 g/mol. The molecule has 0 aliphatic heterocycles. The van der Waals surface area contributed by atoms with Crippen LogP contribution in [0.25, 0.3) is 0 Å². The largest absolute Gasteiger partial charge is 0.265 e. The number of nitro groups is 1. The molecular weight excluding hydrogens is 206 g/mol. The molecule has 0 aliphatic rings. The van der Waals surface area contributed by atoms with Crippen molar-refractivity contribution in [1.82, 2.24) is 0 Å². The number of sulfone groups is 1. The van der Waals surface area contributed by atoms with E-state index in [2.05, 4.69) is 0 Å². The summed E-state index contributed by atoms with van der Waals surface area (Å²) < 4.78 is 22.9. The molecule has 0 unspecified atom stereocenters. The molecule has 76 valence electrons. The van der Waals surface area contributed by atoms with Gasteiger partial charge in [-0.15, -0.1) is 0 Å². The smallest absolute Gasteiger partial charge is 0.218 e. The topological polar surface area (TPSA) is 77.3 Å². The standard InChI is InChI=1S/C8H9NO4S/c10-9(11)6-7-14(12,13)8-4-2-1-3-5-8/h1-5H,6-7H2. The lowest BCUT2D eigenvalue weighted by Gasteiger charge is -2.00. The predicted octanol–water partition coefficient (Wildman–Crippen LogP) is 0.737. The van der Waals surface area contributed by atoms with Crippen molar-refractivity contribution >= 4 is 9.84 Å². The van der Waals surface area contributed by atoms with Gasteiger partial charge in [0.2, 0.25) is 6.54 Å². The second-order valence-electron chi connectivity index (χ2n) is 2.69. The maximum atomic E-state index is 11.4. The molecule has 0 aromatic heterocycles. The van der Waals surface area contributed by atoms with Crippen LogP contribution >= 0.6 is 0 Å². The Bertz CT molecular complexity index is 412. The molecule has 0 fully saturated rings. The van der Waals surface area contributed by atoms with Gasteiger partial charge in [-0.1, -0.05) is 18.2 Å². The predicted molar refractivity (Wildman–Crippen MR) is 50.4 cm³/mol. The molecule has 0 spiro atoms. The summed E-state index contributed by atoms with van der Waals surface area (Å²) in [5.41, 5.74) is 0. The number of rotatable bonds is 4. The highest BCUT2D eigenvalue weighted by Gasteiger charge is 2.16. The summed E-state index contributed by atoms with van der Waals surface area (Å²) in [5.74, 6) is -0.454. The Kier molecular flexibility index (Phi) is 3.19. The van der Waals surface area contributed by atoms with Gasteiger partial charge in [0.25, 0.3) is 0 Å². The fourth-order valence-electron chi connectivity index (χ4n) is 0.940. The molecule has 0 saturated carbocycles. The molecule has 5 nitrogen and oxygen atoms in total. The molecule has 0 amide bonds. The van der Waals surface area contributed by atoms with Gasteiger partial charge < -0.3 is 0 Å². The van der Waals surface area contributed by atoms with Crippen molar-refractivity contribution in [3.63, 3.8) is 0 Å². The summed E-state index contributed by atoms with van der Waals surface area (Å²) in [7, 11) is -3.50. The Morgan fingerprint density at radius 3 is 2.29 bits per heavy atom. The van der Waals surface area contributed by atoms with Crippen molar-refractivity contribution in [3.8, 4) is 0 Å². The molecule has 14 heavy (non-hydrogen) atoms. The van der Waals surface area contributed by atoms with Crippen LogP contribution in [0.1, 0.15) is 0 Å². The van der Waals surface area contributed by atoms with Crippen LogP contribution in [0.4, 0.5) is 0 Å². The number of hydrogen-bond acceptors (Lipinski definition) is 4. The van der Waals surface area contributed by atoms with E-state index < -0.39 is 27.1 Å². The van der Waals surface area contributed by atoms with Gasteiger partial charge in [-0.05, 0) is 12.1 Å². The van der Waals surface area contributed by atoms with Gasteiger partial charge in [-0.2, -0.15) is 0 Å². The number of hydrogen-bond donors (Lipinski definition) is 0. The Hall–Kier alpha value is -1.43. The number of nitrogens with zero attached hydrogens (tertiary/aromatic N) is 1. The van der Waals surface area contributed by atoms with E-state index >= 15 is 0 Å². The van der Waals surface area contributed by atoms with Crippen molar-refractivity contribution in [1.29, 1.82) is 0 Å². The maximum Gasteiger partial charge on any atom is 0.218 e. The zero-order valence-electron chi connectivity index (χ0n) is 7.29. The minimum atomic E-state index is -3.50. The van der Waals surface area contributed by atoms with Gasteiger partial charge in [0, 0.05) is 4.92 Å². The Morgan fingerprint density at radius 2 is 1.79 bits per heavy atom. The third-order valence-electron chi connectivity index (χ3n) is 1.64. The molecule has 0 N–H and O–H groups in total. The normalized spacial score (nSPS) is 11.1. The molecule has 1 rings (SSSR count). The first-order valence-electron chi connectivity index (χ1n) is 3.92. The van der Waals surface area contributed by atoms with Crippen molar-refractivity contribution in [3.05, 3.63) is 40.4 Å². The Morgan fingerprint density at radius 1 is 1.21 bits per heavy atom. The Labute approximate surface area is 81.4 Å². The van der Waals surface area contributed by atoms with Crippen molar-refractivity contribution in [2.24, 2.45) is 0 Å². The van der Waals surface area contributed by atoms with Crippen molar-refractivity contribution < 1.29 is 13.3 Å². The van der Waals surface area contributed by atoms with Gasteiger partial charge in [-0.3, -0.25) is 10.1 Å². The van der Waals surface area contributed by atoms with E-state index in [1.807, 2.05) is 0 Å². The zero-order valence-corrected chi connectivity index (χ0v) is 8.11. The molecule has 1 aromatic carbocycles. The second kappa shape index (κ2) is 4.19.